The summed E-state index contributed by atoms with van der Waals surface area (Å²) in [5.41, 5.74) is 1.27. The van der Waals surface area contributed by atoms with Crippen molar-refractivity contribution in [3.63, 3.8) is 0 Å². The molecule has 3 aromatic rings. The quantitative estimate of drug-likeness (QED) is 0.309. The number of benzene rings is 1. The SMILES string of the molecule is CCCCCn1[nH]c(C)c(C(=O)c2ccc(C(=O)c3c(C)[nH]n(CCCCC)c3=O)cc2)c1=O. The van der Waals surface area contributed by atoms with Crippen molar-refractivity contribution < 1.29 is 9.59 Å². The van der Waals surface area contributed by atoms with Gasteiger partial charge in [0, 0.05) is 35.6 Å². The van der Waals surface area contributed by atoms with Crippen molar-refractivity contribution >= 4 is 11.6 Å². The summed E-state index contributed by atoms with van der Waals surface area (Å²) in [7, 11) is 0. The Kier molecular flexibility index (Phi) is 8.26. The smallest absolute Gasteiger partial charge is 0.278 e. The van der Waals surface area contributed by atoms with Crippen LogP contribution in [0, 0.1) is 13.8 Å². The second kappa shape index (κ2) is 11.1. The van der Waals surface area contributed by atoms with Crippen LogP contribution in [0.15, 0.2) is 33.9 Å². The Hall–Kier alpha value is -3.42. The van der Waals surface area contributed by atoms with E-state index in [2.05, 4.69) is 24.0 Å². The molecule has 0 saturated heterocycles. The van der Waals surface area contributed by atoms with Gasteiger partial charge in [-0.3, -0.25) is 38.7 Å². The molecule has 0 aliphatic carbocycles. The van der Waals surface area contributed by atoms with Gasteiger partial charge in [-0.25, -0.2) is 0 Å². The number of aryl methyl sites for hydroxylation is 4. The van der Waals surface area contributed by atoms with Crippen molar-refractivity contribution in [1.82, 2.24) is 19.6 Å². The highest BCUT2D eigenvalue weighted by Gasteiger charge is 2.23. The highest BCUT2D eigenvalue weighted by atomic mass is 16.2. The van der Waals surface area contributed by atoms with Crippen molar-refractivity contribution in [2.24, 2.45) is 0 Å². The number of rotatable bonds is 12. The summed E-state index contributed by atoms with van der Waals surface area (Å²) in [6.07, 6.45) is 5.82. The number of nitrogens with zero attached hydrogens (tertiary/aromatic N) is 2. The third kappa shape index (κ3) is 5.21. The van der Waals surface area contributed by atoms with E-state index in [1.54, 1.807) is 13.8 Å². The van der Waals surface area contributed by atoms with E-state index in [9.17, 15) is 19.2 Å². The summed E-state index contributed by atoms with van der Waals surface area (Å²) in [5.74, 6) is -0.772. The molecule has 2 N–H and O–H groups in total. The van der Waals surface area contributed by atoms with Crippen LogP contribution in [-0.4, -0.2) is 31.1 Å². The zero-order chi connectivity index (χ0) is 24.8. The van der Waals surface area contributed by atoms with Gasteiger partial charge in [0.05, 0.1) is 0 Å². The fraction of sp³-hybridized carbons (Fsp3) is 0.462. The molecule has 0 unspecified atom stereocenters. The van der Waals surface area contributed by atoms with Crippen LogP contribution in [0.2, 0.25) is 0 Å². The van der Waals surface area contributed by atoms with Gasteiger partial charge in [-0.2, -0.15) is 0 Å². The predicted molar refractivity (Wildman–Crippen MR) is 132 cm³/mol. The minimum Gasteiger partial charge on any atom is -0.299 e. The van der Waals surface area contributed by atoms with Gasteiger partial charge in [0.15, 0.2) is 11.6 Å². The lowest BCUT2D eigenvalue weighted by molar-refractivity contribution is 0.102. The van der Waals surface area contributed by atoms with E-state index in [0.717, 1.165) is 38.5 Å². The molecule has 34 heavy (non-hydrogen) atoms. The van der Waals surface area contributed by atoms with E-state index in [1.807, 2.05) is 0 Å². The zero-order valence-corrected chi connectivity index (χ0v) is 20.5. The number of aromatic nitrogens is 4. The minimum atomic E-state index is -0.386. The molecule has 0 aliphatic heterocycles. The topological polar surface area (TPSA) is 110 Å². The third-order valence-corrected chi connectivity index (χ3v) is 6.11. The van der Waals surface area contributed by atoms with Crippen LogP contribution in [0.5, 0.6) is 0 Å². The Bertz CT molecular complexity index is 1170. The second-order valence-electron chi connectivity index (χ2n) is 8.79. The monoisotopic (exact) mass is 466 g/mol. The molecule has 0 atom stereocenters. The molecule has 0 radical (unpaired) electrons. The fourth-order valence-electron chi connectivity index (χ4n) is 4.16. The van der Waals surface area contributed by atoms with Crippen molar-refractivity contribution in [2.75, 3.05) is 0 Å². The summed E-state index contributed by atoms with van der Waals surface area (Å²) in [6.45, 7) is 8.69. The molecule has 0 spiro atoms. The van der Waals surface area contributed by atoms with Crippen molar-refractivity contribution in [3.8, 4) is 0 Å². The van der Waals surface area contributed by atoms with Crippen LogP contribution < -0.4 is 11.1 Å². The molecule has 2 aromatic heterocycles. The van der Waals surface area contributed by atoms with Crippen LogP contribution in [0.3, 0.4) is 0 Å². The second-order valence-corrected chi connectivity index (χ2v) is 8.79. The van der Waals surface area contributed by atoms with E-state index in [1.165, 1.54) is 33.6 Å². The predicted octanol–water partition coefficient (Wildman–Crippen LogP) is 4.13. The van der Waals surface area contributed by atoms with Gasteiger partial charge in [0.2, 0.25) is 0 Å². The first kappa shape index (κ1) is 25.2. The molecule has 2 heterocycles. The first-order chi connectivity index (χ1) is 16.3. The lowest BCUT2D eigenvalue weighted by Gasteiger charge is -2.02. The Balaban J connectivity index is 1.81. The van der Waals surface area contributed by atoms with Crippen LogP contribution >= 0.6 is 0 Å². The fourth-order valence-corrected chi connectivity index (χ4v) is 4.16. The summed E-state index contributed by atoms with van der Waals surface area (Å²) in [6, 6.07) is 6.13. The van der Waals surface area contributed by atoms with Gasteiger partial charge < -0.3 is 0 Å². The average molecular weight is 467 g/mol. The van der Waals surface area contributed by atoms with Crippen LogP contribution in [0.1, 0.15) is 95.6 Å². The minimum absolute atomic E-state index is 0.118. The van der Waals surface area contributed by atoms with Gasteiger partial charge >= 0.3 is 0 Å². The van der Waals surface area contributed by atoms with Gasteiger partial charge in [-0.1, -0.05) is 63.8 Å². The highest BCUT2D eigenvalue weighted by Crippen LogP contribution is 2.15. The number of hydrogen-bond donors (Lipinski definition) is 2. The van der Waals surface area contributed by atoms with E-state index < -0.39 is 0 Å². The Labute approximate surface area is 199 Å². The molecule has 0 aliphatic rings. The Morgan fingerprint density at radius 3 is 1.35 bits per heavy atom. The van der Waals surface area contributed by atoms with Gasteiger partial charge in [0.25, 0.3) is 11.1 Å². The molecular formula is C26H34N4O4. The number of nitrogens with one attached hydrogen (secondary N) is 2. The van der Waals surface area contributed by atoms with Crippen molar-refractivity contribution in [1.29, 1.82) is 0 Å². The van der Waals surface area contributed by atoms with E-state index in [-0.39, 0.29) is 33.8 Å². The first-order valence-electron chi connectivity index (χ1n) is 12.1. The normalized spacial score (nSPS) is 11.2. The number of unbranched alkanes of at least 4 members (excludes halogenated alkanes) is 4. The number of carbonyl (C=O) groups is 2. The molecule has 3 rings (SSSR count). The molecule has 0 amide bonds. The maximum Gasteiger partial charge on any atom is 0.278 e. The van der Waals surface area contributed by atoms with Gasteiger partial charge in [-0.05, 0) is 26.7 Å². The Morgan fingerprint density at radius 2 is 1.03 bits per heavy atom. The largest absolute Gasteiger partial charge is 0.299 e. The van der Waals surface area contributed by atoms with Crippen LogP contribution in [0.4, 0.5) is 0 Å². The lowest BCUT2D eigenvalue weighted by Crippen LogP contribution is -2.23. The number of hydrogen-bond acceptors (Lipinski definition) is 4. The first-order valence-corrected chi connectivity index (χ1v) is 12.1. The lowest BCUT2D eigenvalue weighted by atomic mass is 9.99. The van der Waals surface area contributed by atoms with E-state index in [4.69, 9.17) is 0 Å². The maximum absolute atomic E-state index is 13.0. The summed E-state index contributed by atoms with van der Waals surface area (Å²) in [5, 5.41) is 5.99. The van der Waals surface area contributed by atoms with E-state index in [0.29, 0.717) is 35.6 Å². The number of H-pyrrole nitrogens is 2. The molecular weight excluding hydrogens is 432 g/mol. The number of ketones is 2. The highest BCUT2D eigenvalue weighted by molar-refractivity contribution is 6.12. The number of carbonyl (C=O) groups excluding carboxylic acids is 2. The molecule has 182 valence electrons. The van der Waals surface area contributed by atoms with E-state index >= 15 is 0 Å². The summed E-state index contributed by atoms with van der Waals surface area (Å²) >= 11 is 0. The third-order valence-electron chi connectivity index (χ3n) is 6.11. The molecule has 8 heteroatoms. The molecule has 1 aromatic carbocycles. The van der Waals surface area contributed by atoms with Crippen molar-refractivity contribution in [2.45, 2.75) is 79.3 Å². The number of aromatic amines is 2. The summed E-state index contributed by atoms with van der Waals surface area (Å²) in [4.78, 5) is 51.6. The maximum atomic E-state index is 13.0. The standard InChI is InChI=1S/C26H34N4O4/c1-5-7-9-15-29-25(33)21(17(3)27-29)23(31)19-11-13-20(14-12-19)24(32)22-18(4)28-30(26(22)34)16-10-8-6-2/h11-14,27-28H,5-10,15-16H2,1-4H3. The Morgan fingerprint density at radius 1 is 0.676 bits per heavy atom. The average Bonchev–Trinajstić information content (AvgIpc) is 3.27. The molecule has 8 nitrogen and oxygen atoms in total. The molecule has 0 bridgehead atoms. The molecule has 0 fully saturated rings. The zero-order valence-electron chi connectivity index (χ0n) is 20.5. The van der Waals surface area contributed by atoms with Crippen LogP contribution in [-0.2, 0) is 13.1 Å². The van der Waals surface area contributed by atoms with Crippen LogP contribution in [0.25, 0.3) is 0 Å². The molecule has 0 saturated carbocycles. The van der Waals surface area contributed by atoms with Gasteiger partial charge in [-0.15, -0.1) is 0 Å². The summed E-state index contributed by atoms with van der Waals surface area (Å²) < 4.78 is 2.96. The van der Waals surface area contributed by atoms with Gasteiger partial charge in [0.1, 0.15) is 11.1 Å². The van der Waals surface area contributed by atoms with Crippen molar-refractivity contribution in [3.05, 3.63) is 78.6 Å².